The van der Waals surface area contributed by atoms with Crippen LogP contribution in [0.1, 0.15) is 52.4 Å². The second-order valence-corrected chi connectivity index (χ2v) is 8.05. The van der Waals surface area contributed by atoms with Crippen molar-refractivity contribution in [2.75, 3.05) is 39.8 Å². The molecular formula is C18H34N4. The van der Waals surface area contributed by atoms with E-state index in [0.29, 0.717) is 11.5 Å². The number of hydrogen-bond acceptors (Lipinski definition) is 2. The first-order valence-electron chi connectivity index (χ1n) is 9.31. The molecule has 3 aliphatic rings. The maximum atomic E-state index is 4.55. The van der Waals surface area contributed by atoms with Gasteiger partial charge in [0, 0.05) is 39.3 Å². The molecule has 1 unspecified atom stereocenters. The summed E-state index contributed by atoms with van der Waals surface area (Å²) in [7, 11) is 1.94. The minimum Gasteiger partial charge on any atom is -0.356 e. The van der Waals surface area contributed by atoms with Crippen molar-refractivity contribution in [1.82, 2.24) is 15.1 Å². The van der Waals surface area contributed by atoms with Crippen LogP contribution < -0.4 is 5.32 Å². The van der Waals surface area contributed by atoms with E-state index < -0.39 is 0 Å². The van der Waals surface area contributed by atoms with Gasteiger partial charge in [0.05, 0.1) is 0 Å². The summed E-state index contributed by atoms with van der Waals surface area (Å²) >= 11 is 0. The lowest BCUT2D eigenvalue weighted by atomic mass is 9.68. The molecule has 126 valence electrons. The molecule has 4 heteroatoms. The summed E-state index contributed by atoms with van der Waals surface area (Å²) in [5.41, 5.74) is 0.650. The molecule has 1 spiro atoms. The van der Waals surface area contributed by atoms with Gasteiger partial charge in [0.2, 0.25) is 0 Å². The molecule has 1 aliphatic carbocycles. The van der Waals surface area contributed by atoms with E-state index >= 15 is 0 Å². The lowest BCUT2D eigenvalue weighted by Gasteiger charge is -2.38. The van der Waals surface area contributed by atoms with Crippen LogP contribution in [0.3, 0.4) is 0 Å². The van der Waals surface area contributed by atoms with Crippen molar-refractivity contribution < 1.29 is 0 Å². The first kappa shape index (κ1) is 16.1. The largest absolute Gasteiger partial charge is 0.356 e. The van der Waals surface area contributed by atoms with Crippen molar-refractivity contribution in [3.05, 3.63) is 0 Å². The van der Waals surface area contributed by atoms with E-state index in [2.05, 4.69) is 34.0 Å². The number of aliphatic imine (C=N–C) groups is 1. The smallest absolute Gasteiger partial charge is 0.193 e. The van der Waals surface area contributed by atoms with Gasteiger partial charge >= 0.3 is 0 Å². The summed E-state index contributed by atoms with van der Waals surface area (Å²) in [6.07, 6.45) is 8.39. The number of rotatable bonds is 3. The van der Waals surface area contributed by atoms with Gasteiger partial charge in [-0.3, -0.25) is 4.99 Å². The van der Waals surface area contributed by atoms with Crippen LogP contribution in [0.15, 0.2) is 4.99 Å². The molecule has 0 aromatic rings. The number of guanidine groups is 1. The average Bonchev–Trinajstić information content (AvgIpc) is 2.94. The summed E-state index contributed by atoms with van der Waals surface area (Å²) in [6.45, 7) is 10.7. The Morgan fingerprint density at radius 2 is 2.05 bits per heavy atom. The van der Waals surface area contributed by atoms with Crippen molar-refractivity contribution >= 4 is 5.96 Å². The minimum absolute atomic E-state index is 0.650. The highest BCUT2D eigenvalue weighted by Crippen LogP contribution is 2.47. The number of nitrogens with zero attached hydrogens (tertiary/aromatic N) is 3. The fourth-order valence-corrected chi connectivity index (χ4v) is 4.50. The molecule has 0 bridgehead atoms. The Hall–Kier alpha value is -0.770. The molecular weight excluding hydrogens is 272 g/mol. The van der Waals surface area contributed by atoms with Gasteiger partial charge in [0.25, 0.3) is 0 Å². The van der Waals surface area contributed by atoms with E-state index in [0.717, 1.165) is 18.4 Å². The third kappa shape index (κ3) is 3.42. The van der Waals surface area contributed by atoms with Crippen molar-refractivity contribution in [1.29, 1.82) is 0 Å². The maximum Gasteiger partial charge on any atom is 0.193 e. The van der Waals surface area contributed by atoms with E-state index in [1.54, 1.807) is 0 Å². The molecule has 2 heterocycles. The monoisotopic (exact) mass is 306 g/mol. The summed E-state index contributed by atoms with van der Waals surface area (Å²) in [5.74, 6) is 1.92. The Balaban J connectivity index is 1.47. The number of hydrogen-bond donors (Lipinski definition) is 1. The Morgan fingerprint density at radius 3 is 2.64 bits per heavy atom. The van der Waals surface area contributed by atoms with Crippen LogP contribution in [0.2, 0.25) is 0 Å². The van der Waals surface area contributed by atoms with Gasteiger partial charge < -0.3 is 15.1 Å². The van der Waals surface area contributed by atoms with Crippen LogP contribution in [0.25, 0.3) is 0 Å². The molecule has 3 fully saturated rings. The van der Waals surface area contributed by atoms with Gasteiger partial charge in [-0.1, -0.05) is 6.42 Å². The molecule has 0 amide bonds. The topological polar surface area (TPSA) is 30.9 Å². The summed E-state index contributed by atoms with van der Waals surface area (Å²) < 4.78 is 0. The van der Waals surface area contributed by atoms with Crippen LogP contribution in [0, 0.1) is 11.3 Å². The van der Waals surface area contributed by atoms with Gasteiger partial charge in [-0.15, -0.1) is 0 Å². The quantitative estimate of drug-likeness (QED) is 0.642. The van der Waals surface area contributed by atoms with Crippen LogP contribution >= 0.6 is 0 Å². The first-order valence-corrected chi connectivity index (χ1v) is 9.31. The fraction of sp³-hybridized carbons (Fsp3) is 0.944. The second-order valence-electron chi connectivity index (χ2n) is 8.05. The molecule has 3 rings (SSSR count). The van der Waals surface area contributed by atoms with E-state index in [9.17, 15) is 0 Å². The van der Waals surface area contributed by atoms with Crippen LogP contribution in [-0.4, -0.2) is 61.6 Å². The molecule has 0 aromatic carbocycles. The van der Waals surface area contributed by atoms with Crippen molar-refractivity contribution in [3.8, 4) is 0 Å². The predicted molar refractivity (Wildman–Crippen MR) is 93.3 cm³/mol. The lowest BCUT2D eigenvalue weighted by Crippen LogP contribution is -2.47. The van der Waals surface area contributed by atoms with Gasteiger partial charge in [-0.05, 0) is 63.8 Å². The summed E-state index contributed by atoms with van der Waals surface area (Å²) in [5, 5.41) is 3.68. The Labute approximate surface area is 136 Å². The summed E-state index contributed by atoms with van der Waals surface area (Å²) in [4.78, 5) is 9.68. The van der Waals surface area contributed by atoms with E-state index in [1.807, 2.05) is 7.05 Å². The first-order chi connectivity index (χ1) is 10.6. The third-order valence-corrected chi connectivity index (χ3v) is 6.19. The fourth-order valence-electron chi connectivity index (χ4n) is 4.50. The molecule has 1 saturated carbocycles. The summed E-state index contributed by atoms with van der Waals surface area (Å²) in [6, 6.07) is 0.680. The molecule has 1 N–H and O–H groups in total. The number of nitrogens with one attached hydrogen (secondary N) is 1. The van der Waals surface area contributed by atoms with Crippen LogP contribution in [0.4, 0.5) is 0 Å². The van der Waals surface area contributed by atoms with E-state index in [1.165, 1.54) is 64.7 Å². The maximum absolute atomic E-state index is 4.55. The zero-order valence-electron chi connectivity index (χ0n) is 14.8. The molecule has 0 radical (unpaired) electrons. The van der Waals surface area contributed by atoms with Gasteiger partial charge in [-0.25, -0.2) is 0 Å². The second kappa shape index (κ2) is 6.77. The number of likely N-dealkylation sites (tertiary alicyclic amines) is 2. The van der Waals surface area contributed by atoms with Gasteiger partial charge in [0.15, 0.2) is 5.96 Å². The highest BCUT2D eigenvalue weighted by atomic mass is 15.3. The molecule has 2 aliphatic heterocycles. The van der Waals surface area contributed by atoms with Gasteiger partial charge in [-0.2, -0.15) is 0 Å². The lowest BCUT2D eigenvalue weighted by molar-refractivity contribution is 0.139. The van der Waals surface area contributed by atoms with Crippen molar-refractivity contribution in [3.63, 3.8) is 0 Å². The van der Waals surface area contributed by atoms with Crippen molar-refractivity contribution in [2.24, 2.45) is 16.3 Å². The molecule has 2 saturated heterocycles. The molecule has 1 atom stereocenters. The Bertz CT molecular complexity index is 400. The standard InChI is InChI=1S/C18H34N4/c1-15(2)21-10-4-6-16(13-21)12-20-17(19-3)22-11-9-18(14-22)7-5-8-18/h15-16H,4-14H2,1-3H3,(H,19,20). The highest BCUT2D eigenvalue weighted by Gasteiger charge is 2.43. The average molecular weight is 306 g/mol. The normalized spacial score (nSPS) is 29.2. The Morgan fingerprint density at radius 1 is 1.23 bits per heavy atom. The van der Waals surface area contributed by atoms with Crippen molar-refractivity contribution in [2.45, 2.75) is 58.4 Å². The third-order valence-electron chi connectivity index (χ3n) is 6.19. The number of piperidine rings is 1. The highest BCUT2D eigenvalue weighted by molar-refractivity contribution is 5.80. The zero-order chi connectivity index (χ0) is 15.6. The zero-order valence-corrected chi connectivity index (χ0v) is 14.8. The minimum atomic E-state index is 0.650. The van der Waals surface area contributed by atoms with E-state index in [4.69, 9.17) is 0 Å². The molecule has 4 nitrogen and oxygen atoms in total. The van der Waals surface area contributed by atoms with Gasteiger partial charge in [0.1, 0.15) is 0 Å². The molecule has 22 heavy (non-hydrogen) atoms. The molecule has 0 aromatic heterocycles. The predicted octanol–water partition coefficient (Wildman–Crippen LogP) is 2.56. The van der Waals surface area contributed by atoms with E-state index in [-0.39, 0.29) is 0 Å². The van der Waals surface area contributed by atoms with Crippen LogP contribution in [0.5, 0.6) is 0 Å². The van der Waals surface area contributed by atoms with Crippen LogP contribution in [-0.2, 0) is 0 Å². The SMILES string of the molecule is CN=C(NCC1CCCN(C(C)C)C1)N1CCC2(CCC2)C1. The Kier molecular flexibility index (Phi) is 4.96.